The summed E-state index contributed by atoms with van der Waals surface area (Å²) in [7, 11) is 1.58. The molecule has 1 fully saturated rings. The lowest BCUT2D eigenvalue weighted by Crippen LogP contribution is -2.35. The van der Waals surface area contributed by atoms with Gasteiger partial charge in [0.25, 0.3) is 5.91 Å². The lowest BCUT2D eigenvalue weighted by atomic mass is 10.0. The van der Waals surface area contributed by atoms with Crippen molar-refractivity contribution in [2.24, 2.45) is 0 Å². The minimum atomic E-state index is -0.428. The van der Waals surface area contributed by atoms with Crippen LogP contribution in [0.5, 0.6) is 0 Å². The Labute approximate surface area is 178 Å². The number of carbonyl (C=O) groups is 1. The van der Waals surface area contributed by atoms with Crippen molar-refractivity contribution in [3.8, 4) is 16.8 Å². The van der Waals surface area contributed by atoms with E-state index < -0.39 is 5.82 Å². The summed E-state index contributed by atoms with van der Waals surface area (Å²) in [5.74, 6) is 0.387. The number of aromatic nitrogens is 4. The van der Waals surface area contributed by atoms with Gasteiger partial charge in [-0.3, -0.25) is 4.79 Å². The van der Waals surface area contributed by atoms with Gasteiger partial charge in [0.05, 0.1) is 17.3 Å². The molecule has 0 aliphatic heterocycles. The van der Waals surface area contributed by atoms with Gasteiger partial charge in [-0.1, -0.05) is 11.6 Å². The van der Waals surface area contributed by atoms with E-state index in [-0.39, 0.29) is 17.0 Å². The van der Waals surface area contributed by atoms with Gasteiger partial charge in [0.2, 0.25) is 0 Å². The molecular formula is C21H21ClFN5O2. The van der Waals surface area contributed by atoms with Crippen molar-refractivity contribution < 1.29 is 13.9 Å². The topological polar surface area (TPSA) is 81.9 Å². The van der Waals surface area contributed by atoms with Crippen LogP contribution in [0, 0.1) is 5.82 Å². The Morgan fingerprint density at radius 3 is 2.83 bits per heavy atom. The van der Waals surface area contributed by atoms with E-state index >= 15 is 0 Å². The molecule has 0 saturated heterocycles. The van der Waals surface area contributed by atoms with Crippen LogP contribution in [0.4, 0.5) is 4.39 Å². The summed E-state index contributed by atoms with van der Waals surface area (Å²) in [6.07, 6.45) is 2.07. The molecule has 3 aromatic rings. The zero-order chi connectivity index (χ0) is 21.3. The summed E-state index contributed by atoms with van der Waals surface area (Å²) in [6, 6.07) is 9.30. The van der Waals surface area contributed by atoms with E-state index in [4.69, 9.17) is 16.3 Å². The predicted molar refractivity (Wildman–Crippen MR) is 110 cm³/mol. The lowest BCUT2D eigenvalue weighted by Gasteiger charge is -2.15. The van der Waals surface area contributed by atoms with Crippen molar-refractivity contribution in [1.82, 2.24) is 25.5 Å². The minimum Gasteiger partial charge on any atom is -0.383 e. The molecule has 0 bridgehead atoms. The molecule has 7 nitrogen and oxygen atoms in total. The molecule has 2 aromatic carbocycles. The van der Waals surface area contributed by atoms with E-state index in [1.165, 1.54) is 12.1 Å². The number of methoxy groups -OCH3 is 1. The molecule has 4 rings (SSSR count). The number of halogens is 2. The number of nitrogens with one attached hydrogen (secondary N) is 1. The summed E-state index contributed by atoms with van der Waals surface area (Å²) in [5, 5.41) is 15.2. The van der Waals surface area contributed by atoms with Crippen LogP contribution in [0.2, 0.25) is 5.02 Å². The van der Waals surface area contributed by atoms with Crippen LogP contribution in [-0.4, -0.2) is 45.9 Å². The molecule has 156 valence electrons. The first-order valence-electron chi connectivity index (χ1n) is 9.65. The average Bonchev–Trinajstić information content (AvgIpc) is 3.44. The normalized spacial score (nSPS) is 14.5. The van der Waals surface area contributed by atoms with Crippen molar-refractivity contribution >= 4 is 17.5 Å². The van der Waals surface area contributed by atoms with Crippen LogP contribution >= 0.6 is 11.6 Å². The third-order valence-electron chi connectivity index (χ3n) is 4.90. The lowest BCUT2D eigenvalue weighted by molar-refractivity contribution is 0.0905. The van der Waals surface area contributed by atoms with Crippen molar-refractivity contribution in [3.63, 3.8) is 0 Å². The van der Waals surface area contributed by atoms with Crippen molar-refractivity contribution in [1.29, 1.82) is 0 Å². The molecule has 1 aliphatic rings. The quantitative estimate of drug-likeness (QED) is 0.618. The van der Waals surface area contributed by atoms with E-state index in [9.17, 15) is 9.18 Å². The predicted octanol–water partition coefficient (Wildman–Crippen LogP) is 3.76. The van der Waals surface area contributed by atoms with E-state index in [0.29, 0.717) is 34.9 Å². The van der Waals surface area contributed by atoms with Crippen LogP contribution in [0.3, 0.4) is 0 Å². The maximum absolute atomic E-state index is 13.5. The van der Waals surface area contributed by atoms with Crippen LogP contribution < -0.4 is 5.32 Å². The molecule has 1 saturated carbocycles. The first-order chi connectivity index (χ1) is 14.5. The third-order valence-corrected chi connectivity index (χ3v) is 5.21. The Hall–Kier alpha value is -2.84. The Morgan fingerprint density at radius 2 is 2.13 bits per heavy atom. The second kappa shape index (κ2) is 8.49. The molecule has 1 N–H and O–H groups in total. The highest BCUT2D eigenvalue weighted by Gasteiger charge is 2.30. The molecular weight excluding hydrogens is 409 g/mol. The zero-order valence-corrected chi connectivity index (χ0v) is 17.4. The molecule has 1 aliphatic carbocycles. The van der Waals surface area contributed by atoms with Gasteiger partial charge >= 0.3 is 0 Å². The summed E-state index contributed by atoms with van der Waals surface area (Å²) in [5.41, 5.74) is 2.34. The van der Waals surface area contributed by atoms with Crippen LogP contribution in [-0.2, 0) is 4.74 Å². The number of carbonyl (C=O) groups excluding carboxylic acids is 1. The molecule has 30 heavy (non-hydrogen) atoms. The van der Waals surface area contributed by atoms with Crippen molar-refractivity contribution in [2.45, 2.75) is 31.7 Å². The molecule has 0 unspecified atom stereocenters. The standard InChI is InChI=1S/C21H21ClFN5O2/c1-12(11-30-2)24-21(29)15-7-14(18-6-5-16(23)10-19(18)22)8-17(9-15)28-20(13-3-4-13)25-26-27-28/h5-10,12-13H,3-4,11H2,1-2H3,(H,24,29)/t12-/m0/s1. The highest BCUT2D eigenvalue weighted by atomic mass is 35.5. The van der Waals surface area contributed by atoms with E-state index in [1.807, 2.05) is 13.0 Å². The molecule has 9 heteroatoms. The SMILES string of the molecule is COC[C@H](C)NC(=O)c1cc(-c2ccc(F)cc2Cl)cc(-n2nnnc2C2CC2)c1. The number of amides is 1. The first kappa shape index (κ1) is 20.4. The smallest absolute Gasteiger partial charge is 0.251 e. The minimum absolute atomic E-state index is 0.168. The van der Waals surface area contributed by atoms with Gasteiger partial charge in [0.15, 0.2) is 5.82 Å². The first-order valence-corrected chi connectivity index (χ1v) is 10.0. The number of hydrogen-bond donors (Lipinski definition) is 1. The fourth-order valence-electron chi connectivity index (χ4n) is 3.32. The molecule has 0 spiro atoms. The summed E-state index contributed by atoms with van der Waals surface area (Å²) in [4.78, 5) is 12.9. The molecule has 0 radical (unpaired) electrons. The highest BCUT2D eigenvalue weighted by molar-refractivity contribution is 6.33. The third kappa shape index (κ3) is 4.34. The second-order valence-electron chi connectivity index (χ2n) is 7.45. The maximum Gasteiger partial charge on any atom is 0.251 e. The Balaban J connectivity index is 1.79. The number of rotatable bonds is 7. The van der Waals surface area contributed by atoms with Gasteiger partial charge < -0.3 is 10.1 Å². The van der Waals surface area contributed by atoms with E-state index in [0.717, 1.165) is 18.7 Å². The highest BCUT2D eigenvalue weighted by Crippen LogP contribution is 2.39. The number of ether oxygens (including phenoxy) is 1. The number of nitrogens with zero attached hydrogens (tertiary/aromatic N) is 4. The van der Waals surface area contributed by atoms with Crippen LogP contribution in [0.15, 0.2) is 36.4 Å². The van der Waals surface area contributed by atoms with Gasteiger partial charge in [-0.15, -0.1) is 5.10 Å². The molecule has 1 aromatic heterocycles. The van der Waals surface area contributed by atoms with Gasteiger partial charge in [-0.2, -0.15) is 4.68 Å². The Kier molecular flexibility index (Phi) is 5.78. The van der Waals surface area contributed by atoms with Crippen LogP contribution in [0.1, 0.15) is 41.9 Å². The zero-order valence-electron chi connectivity index (χ0n) is 16.6. The van der Waals surface area contributed by atoms with Crippen LogP contribution in [0.25, 0.3) is 16.8 Å². The Morgan fingerprint density at radius 1 is 1.33 bits per heavy atom. The molecule has 1 amide bonds. The fraction of sp³-hybridized carbons (Fsp3) is 0.333. The van der Waals surface area contributed by atoms with E-state index in [1.54, 1.807) is 30.0 Å². The van der Waals surface area contributed by atoms with Gasteiger partial charge in [-0.25, -0.2) is 4.39 Å². The summed E-state index contributed by atoms with van der Waals surface area (Å²) < 4.78 is 20.3. The maximum atomic E-state index is 13.5. The monoisotopic (exact) mass is 429 g/mol. The number of tetrazole rings is 1. The average molecular weight is 430 g/mol. The van der Waals surface area contributed by atoms with Crippen molar-refractivity contribution in [3.05, 3.63) is 58.6 Å². The van der Waals surface area contributed by atoms with E-state index in [2.05, 4.69) is 20.8 Å². The Bertz CT molecular complexity index is 1080. The molecule has 1 heterocycles. The van der Waals surface area contributed by atoms with Gasteiger partial charge in [-0.05, 0) is 72.2 Å². The van der Waals surface area contributed by atoms with Gasteiger partial charge in [0, 0.05) is 30.2 Å². The second-order valence-corrected chi connectivity index (χ2v) is 7.85. The number of hydrogen-bond acceptors (Lipinski definition) is 5. The summed E-state index contributed by atoms with van der Waals surface area (Å²) in [6.45, 7) is 2.25. The molecule has 1 atom stereocenters. The fourth-order valence-corrected chi connectivity index (χ4v) is 3.59. The summed E-state index contributed by atoms with van der Waals surface area (Å²) >= 11 is 6.29. The van der Waals surface area contributed by atoms with Gasteiger partial charge in [0.1, 0.15) is 5.82 Å². The van der Waals surface area contributed by atoms with Crippen molar-refractivity contribution in [2.75, 3.05) is 13.7 Å². The largest absolute Gasteiger partial charge is 0.383 e. The number of benzene rings is 2.